The van der Waals surface area contributed by atoms with Crippen molar-refractivity contribution in [3.63, 3.8) is 0 Å². The summed E-state index contributed by atoms with van der Waals surface area (Å²) in [5, 5.41) is 0. The number of ether oxygens (including phenoxy) is 1. The van der Waals surface area contributed by atoms with Crippen molar-refractivity contribution in [2.75, 3.05) is 13.7 Å². The number of carbonyl (C=O) groups is 4. The molecule has 1 aromatic heterocycles. The van der Waals surface area contributed by atoms with Crippen molar-refractivity contribution in [2.24, 2.45) is 0 Å². The number of hydrogen-bond donors (Lipinski definition) is 0. The Bertz CT molecular complexity index is 1100. The zero-order valence-corrected chi connectivity index (χ0v) is 19.3. The van der Waals surface area contributed by atoms with Crippen molar-refractivity contribution < 1.29 is 23.9 Å². The first-order chi connectivity index (χ1) is 15.8. The highest BCUT2D eigenvalue weighted by atomic mass is 16.5. The van der Waals surface area contributed by atoms with Crippen LogP contribution >= 0.6 is 0 Å². The van der Waals surface area contributed by atoms with E-state index in [1.807, 2.05) is 38.1 Å². The van der Waals surface area contributed by atoms with E-state index in [0.29, 0.717) is 24.9 Å². The van der Waals surface area contributed by atoms with Crippen molar-refractivity contribution in [1.29, 1.82) is 0 Å². The number of imide groups is 2. The van der Waals surface area contributed by atoms with Crippen LogP contribution in [-0.4, -0.2) is 57.7 Å². The topological polar surface area (TPSA) is 88.9 Å². The normalized spacial score (nSPS) is 16.9. The Kier molecular flexibility index (Phi) is 6.35. The predicted octanol–water partition coefficient (Wildman–Crippen LogP) is 3.27. The molecule has 8 heteroatoms. The van der Waals surface area contributed by atoms with E-state index in [9.17, 15) is 19.2 Å². The van der Waals surface area contributed by atoms with Gasteiger partial charge in [0.2, 0.25) is 0 Å². The van der Waals surface area contributed by atoms with Crippen LogP contribution in [0, 0.1) is 13.8 Å². The molecule has 2 aromatic rings. The number of methoxy groups -OCH3 is 1. The first-order valence-electron chi connectivity index (χ1n) is 11.3. The zero-order valence-electron chi connectivity index (χ0n) is 19.3. The Hall–Kier alpha value is -3.42. The van der Waals surface area contributed by atoms with Crippen molar-refractivity contribution in [3.05, 3.63) is 52.8 Å². The fourth-order valence-corrected chi connectivity index (χ4v) is 4.84. The number of aryl methyl sites for hydroxylation is 2. The predicted molar refractivity (Wildman–Crippen MR) is 121 cm³/mol. The van der Waals surface area contributed by atoms with Crippen molar-refractivity contribution in [1.82, 2.24) is 14.4 Å². The number of nitrogens with zero attached hydrogens (tertiary/aromatic N) is 3. The van der Waals surface area contributed by atoms with Gasteiger partial charge in [-0.05, 0) is 56.9 Å². The van der Waals surface area contributed by atoms with Crippen LogP contribution in [0.3, 0.4) is 0 Å². The molecule has 0 atom stereocenters. The van der Waals surface area contributed by atoms with Gasteiger partial charge in [0.15, 0.2) is 5.78 Å². The van der Waals surface area contributed by atoms with E-state index in [2.05, 4.69) is 4.57 Å². The maximum Gasteiger partial charge on any atom is 0.334 e. The minimum atomic E-state index is -0.909. The van der Waals surface area contributed by atoms with Gasteiger partial charge in [-0.3, -0.25) is 19.3 Å². The number of urea groups is 1. The van der Waals surface area contributed by atoms with Gasteiger partial charge in [-0.1, -0.05) is 25.0 Å². The van der Waals surface area contributed by atoms with Crippen LogP contribution in [0.2, 0.25) is 0 Å². The van der Waals surface area contributed by atoms with E-state index >= 15 is 0 Å². The molecule has 33 heavy (non-hydrogen) atoms. The van der Waals surface area contributed by atoms with Gasteiger partial charge in [0, 0.05) is 29.5 Å². The summed E-state index contributed by atoms with van der Waals surface area (Å²) >= 11 is 0. The number of ketones is 1. The summed E-state index contributed by atoms with van der Waals surface area (Å²) < 4.78 is 7.25. The second-order valence-corrected chi connectivity index (χ2v) is 8.75. The average Bonchev–Trinajstić information content (AvgIpc) is 3.48. The molecule has 0 radical (unpaired) electrons. The minimum Gasteiger partial charge on any atom is -0.497 e. The van der Waals surface area contributed by atoms with Crippen LogP contribution in [-0.2, 0) is 22.6 Å². The number of hydrogen-bond acceptors (Lipinski definition) is 5. The van der Waals surface area contributed by atoms with Crippen LogP contribution in [0.1, 0.15) is 53.0 Å². The molecular formula is C25H29N3O5. The summed E-state index contributed by atoms with van der Waals surface area (Å²) in [5.41, 5.74) is 3.32. The Morgan fingerprint density at radius 3 is 2.33 bits per heavy atom. The van der Waals surface area contributed by atoms with Gasteiger partial charge in [-0.2, -0.15) is 0 Å². The summed E-state index contributed by atoms with van der Waals surface area (Å²) in [4.78, 5) is 52.6. The number of benzene rings is 1. The number of carbonyl (C=O) groups excluding carboxylic acids is 4. The molecule has 1 aliphatic carbocycles. The fraction of sp³-hybridized carbons (Fsp3) is 0.440. The van der Waals surface area contributed by atoms with Crippen LogP contribution in [0.25, 0.3) is 0 Å². The molecule has 2 aliphatic rings. The van der Waals surface area contributed by atoms with Crippen molar-refractivity contribution >= 4 is 23.6 Å². The van der Waals surface area contributed by atoms with E-state index in [4.69, 9.17) is 4.74 Å². The lowest BCUT2D eigenvalue weighted by Crippen LogP contribution is -2.41. The Morgan fingerprint density at radius 1 is 1.03 bits per heavy atom. The molecule has 1 aliphatic heterocycles. The molecule has 2 heterocycles. The lowest BCUT2D eigenvalue weighted by Gasteiger charge is -2.20. The molecular weight excluding hydrogens is 422 g/mol. The monoisotopic (exact) mass is 451 g/mol. The molecule has 4 amide bonds. The lowest BCUT2D eigenvalue weighted by atomic mass is 10.1. The fourth-order valence-electron chi connectivity index (χ4n) is 4.84. The number of rotatable bonds is 8. The first kappa shape index (κ1) is 22.8. The smallest absolute Gasteiger partial charge is 0.334 e. The summed E-state index contributed by atoms with van der Waals surface area (Å²) in [5.74, 6) is -1.27. The maximum absolute atomic E-state index is 13.1. The highest BCUT2D eigenvalue weighted by molar-refractivity contribution is 6.45. The van der Waals surface area contributed by atoms with Gasteiger partial charge < -0.3 is 9.30 Å². The van der Waals surface area contributed by atoms with Crippen LogP contribution < -0.4 is 4.74 Å². The van der Waals surface area contributed by atoms with E-state index in [1.165, 1.54) is 0 Å². The van der Waals surface area contributed by atoms with Gasteiger partial charge in [0.1, 0.15) is 5.75 Å². The highest BCUT2D eigenvalue weighted by Gasteiger charge is 2.48. The van der Waals surface area contributed by atoms with E-state index in [-0.39, 0.29) is 11.8 Å². The number of Topliss-reactive ketones (excluding diaryl/α,β-unsaturated/α-hetero) is 1. The van der Waals surface area contributed by atoms with E-state index < -0.39 is 24.4 Å². The van der Waals surface area contributed by atoms with Crippen LogP contribution in [0.4, 0.5) is 4.79 Å². The maximum atomic E-state index is 13.1. The Morgan fingerprint density at radius 2 is 1.70 bits per heavy atom. The Balaban J connectivity index is 1.45. The highest BCUT2D eigenvalue weighted by Crippen LogP contribution is 2.28. The standard InChI is InChI=1S/C25H29N3O5/c1-16-14-21(17(2)26(16)13-12-18-8-10-20(33-3)11-9-18)22(29)15-27-23(30)24(31)28(25(27)32)19-6-4-5-7-19/h8-11,14,19H,4-7,12-13,15H2,1-3H3. The van der Waals surface area contributed by atoms with Gasteiger partial charge in [0.25, 0.3) is 0 Å². The molecule has 1 aromatic carbocycles. The largest absolute Gasteiger partial charge is 0.497 e. The number of amides is 4. The summed E-state index contributed by atoms with van der Waals surface area (Å²) in [6.07, 6.45) is 4.06. The molecule has 0 N–H and O–H groups in total. The van der Waals surface area contributed by atoms with Crippen LogP contribution in [0.5, 0.6) is 5.75 Å². The summed E-state index contributed by atoms with van der Waals surface area (Å²) in [6, 6.07) is 8.73. The third-order valence-electron chi connectivity index (χ3n) is 6.73. The molecule has 8 nitrogen and oxygen atoms in total. The SMILES string of the molecule is COc1ccc(CCn2c(C)cc(C(=O)CN3C(=O)C(=O)N(C4CCCC4)C3=O)c2C)cc1. The molecule has 0 unspecified atom stereocenters. The van der Waals surface area contributed by atoms with Gasteiger partial charge in [0.05, 0.1) is 13.7 Å². The second kappa shape index (κ2) is 9.21. The molecule has 1 saturated carbocycles. The lowest BCUT2D eigenvalue weighted by molar-refractivity contribution is -0.143. The average molecular weight is 452 g/mol. The van der Waals surface area contributed by atoms with Gasteiger partial charge in [-0.15, -0.1) is 0 Å². The third-order valence-corrected chi connectivity index (χ3v) is 6.73. The summed E-state index contributed by atoms with van der Waals surface area (Å²) in [7, 11) is 1.63. The van der Waals surface area contributed by atoms with Gasteiger partial charge >= 0.3 is 17.8 Å². The van der Waals surface area contributed by atoms with Crippen molar-refractivity contribution in [2.45, 2.75) is 58.5 Å². The van der Waals surface area contributed by atoms with Crippen molar-refractivity contribution in [3.8, 4) is 5.75 Å². The first-order valence-corrected chi connectivity index (χ1v) is 11.3. The number of aromatic nitrogens is 1. The molecule has 174 valence electrons. The molecule has 0 bridgehead atoms. The zero-order chi connectivity index (χ0) is 23.7. The molecule has 0 spiro atoms. The van der Waals surface area contributed by atoms with Gasteiger partial charge in [-0.25, -0.2) is 9.69 Å². The second-order valence-electron chi connectivity index (χ2n) is 8.75. The van der Waals surface area contributed by atoms with Crippen LogP contribution in [0.15, 0.2) is 30.3 Å². The minimum absolute atomic E-state index is 0.239. The summed E-state index contributed by atoms with van der Waals surface area (Å²) in [6.45, 7) is 4.05. The third kappa shape index (κ3) is 4.29. The molecule has 2 fully saturated rings. The Labute approximate surface area is 193 Å². The van der Waals surface area contributed by atoms with E-state index in [0.717, 1.165) is 51.8 Å². The molecule has 1 saturated heterocycles. The van der Waals surface area contributed by atoms with E-state index in [1.54, 1.807) is 13.2 Å². The molecule has 4 rings (SSSR count). The quantitative estimate of drug-likeness (QED) is 0.349.